The first kappa shape index (κ1) is 16.9. The first-order chi connectivity index (χ1) is 12.0. The van der Waals surface area contributed by atoms with Crippen molar-refractivity contribution >= 4 is 38.8 Å². The second-order valence-electron chi connectivity index (χ2n) is 5.04. The SMILES string of the molecule is O=C(COCc1nc2ccccc2s1)Nc1ccc(F)c([N+](=O)[O-])c1. The standard InChI is InChI=1S/C16H12FN3O4S/c17-11-6-5-10(7-13(11)20(22)23)18-15(21)8-24-9-16-19-12-3-1-2-4-14(12)25-16/h1-7H,8-9H2,(H,18,21). The monoisotopic (exact) mass is 361 g/mol. The van der Waals surface area contributed by atoms with E-state index in [1.165, 1.54) is 17.4 Å². The summed E-state index contributed by atoms with van der Waals surface area (Å²) in [6.45, 7) is -0.0720. The molecular formula is C16H12FN3O4S. The lowest BCUT2D eigenvalue weighted by Crippen LogP contribution is -2.18. The molecule has 1 heterocycles. The summed E-state index contributed by atoms with van der Waals surface area (Å²) < 4.78 is 19.6. The van der Waals surface area contributed by atoms with E-state index in [2.05, 4.69) is 10.3 Å². The van der Waals surface area contributed by atoms with Gasteiger partial charge in [0.1, 0.15) is 11.6 Å². The molecule has 0 radical (unpaired) electrons. The molecular weight excluding hydrogens is 349 g/mol. The molecule has 0 unspecified atom stereocenters. The van der Waals surface area contributed by atoms with Crippen LogP contribution in [0.15, 0.2) is 42.5 Å². The minimum atomic E-state index is -0.963. The van der Waals surface area contributed by atoms with E-state index in [1.54, 1.807) is 0 Å². The summed E-state index contributed by atoms with van der Waals surface area (Å²) in [4.78, 5) is 26.0. The number of halogens is 1. The fourth-order valence-electron chi connectivity index (χ4n) is 2.14. The minimum Gasteiger partial charge on any atom is -0.364 e. The lowest BCUT2D eigenvalue weighted by Gasteiger charge is -2.05. The molecule has 1 N–H and O–H groups in total. The second-order valence-corrected chi connectivity index (χ2v) is 6.15. The van der Waals surface area contributed by atoms with E-state index in [9.17, 15) is 19.3 Å². The van der Waals surface area contributed by atoms with Crippen LogP contribution in [0.2, 0.25) is 0 Å². The molecule has 128 valence electrons. The van der Waals surface area contributed by atoms with Crippen LogP contribution in [0.1, 0.15) is 5.01 Å². The number of thiazole rings is 1. The van der Waals surface area contributed by atoms with Gasteiger partial charge in [0.05, 0.1) is 21.7 Å². The third kappa shape index (κ3) is 4.14. The zero-order valence-electron chi connectivity index (χ0n) is 12.8. The lowest BCUT2D eigenvalue weighted by atomic mass is 10.2. The summed E-state index contributed by atoms with van der Waals surface area (Å²) >= 11 is 1.48. The molecule has 0 saturated carbocycles. The van der Waals surface area contributed by atoms with Crippen LogP contribution in [0.3, 0.4) is 0 Å². The summed E-state index contributed by atoms with van der Waals surface area (Å²) in [7, 11) is 0. The average Bonchev–Trinajstić information content (AvgIpc) is 2.99. The van der Waals surface area contributed by atoms with Crippen LogP contribution in [-0.2, 0) is 16.1 Å². The molecule has 3 aromatic rings. The van der Waals surface area contributed by atoms with Crippen molar-refractivity contribution in [2.45, 2.75) is 6.61 Å². The number of carbonyl (C=O) groups excluding carboxylic acids is 1. The maximum Gasteiger partial charge on any atom is 0.306 e. The zero-order valence-corrected chi connectivity index (χ0v) is 13.6. The van der Waals surface area contributed by atoms with Crippen LogP contribution in [0.4, 0.5) is 15.8 Å². The van der Waals surface area contributed by atoms with Gasteiger partial charge in [0.2, 0.25) is 11.7 Å². The van der Waals surface area contributed by atoms with Gasteiger partial charge in [0, 0.05) is 11.8 Å². The summed E-state index contributed by atoms with van der Waals surface area (Å²) in [5.41, 5.74) is 0.295. The van der Waals surface area contributed by atoms with Gasteiger partial charge in [-0.25, -0.2) is 4.98 Å². The predicted octanol–water partition coefficient (Wildman–Crippen LogP) is 3.50. The largest absolute Gasteiger partial charge is 0.364 e. The fraction of sp³-hybridized carbons (Fsp3) is 0.125. The van der Waals surface area contributed by atoms with Crippen molar-refractivity contribution in [3.63, 3.8) is 0 Å². The van der Waals surface area contributed by atoms with Crippen LogP contribution in [0, 0.1) is 15.9 Å². The van der Waals surface area contributed by atoms with E-state index in [0.29, 0.717) is 0 Å². The number of benzene rings is 2. The molecule has 2 aromatic carbocycles. The number of nitrogens with zero attached hydrogens (tertiary/aromatic N) is 2. The number of ether oxygens (including phenoxy) is 1. The molecule has 0 aliphatic heterocycles. The van der Waals surface area contributed by atoms with Gasteiger partial charge in [-0.05, 0) is 24.3 Å². The second kappa shape index (κ2) is 7.32. The van der Waals surface area contributed by atoms with Crippen molar-refractivity contribution in [2.75, 3.05) is 11.9 Å². The topological polar surface area (TPSA) is 94.4 Å². The molecule has 0 fully saturated rings. The molecule has 1 amide bonds. The van der Waals surface area contributed by atoms with Gasteiger partial charge in [0.25, 0.3) is 0 Å². The molecule has 25 heavy (non-hydrogen) atoms. The van der Waals surface area contributed by atoms with Crippen molar-refractivity contribution in [3.05, 3.63) is 63.4 Å². The van der Waals surface area contributed by atoms with Gasteiger partial charge in [-0.15, -0.1) is 11.3 Å². The number of rotatable bonds is 6. The number of amides is 1. The maximum absolute atomic E-state index is 13.3. The Hall–Kier alpha value is -2.91. The Morgan fingerprint density at radius 1 is 1.32 bits per heavy atom. The third-order valence-corrected chi connectivity index (χ3v) is 4.23. The van der Waals surface area contributed by atoms with E-state index in [1.807, 2.05) is 24.3 Å². The molecule has 0 spiro atoms. The Bertz CT molecular complexity index is 911. The molecule has 0 bridgehead atoms. The number of nitro benzene ring substituents is 1. The Labute approximate surface area is 145 Å². The van der Waals surface area contributed by atoms with Crippen LogP contribution in [0.5, 0.6) is 0 Å². The van der Waals surface area contributed by atoms with Crippen molar-refractivity contribution < 1.29 is 18.8 Å². The lowest BCUT2D eigenvalue weighted by molar-refractivity contribution is -0.387. The van der Waals surface area contributed by atoms with Crippen LogP contribution in [-0.4, -0.2) is 22.4 Å². The number of fused-ring (bicyclic) bond motifs is 1. The first-order valence-corrected chi connectivity index (χ1v) is 8.00. The third-order valence-electron chi connectivity index (χ3n) is 3.22. The molecule has 9 heteroatoms. The molecule has 0 aliphatic rings. The maximum atomic E-state index is 13.3. The number of carbonyl (C=O) groups is 1. The van der Waals surface area contributed by atoms with E-state index in [4.69, 9.17) is 4.74 Å². The number of aromatic nitrogens is 1. The predicted molar refractivity (Wildman–Crippen MR) is 91.0 cm³/mol. The van der Waals surface area contributed by atoms with Crippen molar-refractivity contribution in [2.24, 2.45) is 0 Å². The zero-order chi connectivity index (χ0) is 17.8. The summed E-state index contributed by atoms with van der Waals surface area (Å²) in [6.07, 6.45) is 0. The number of hydrogen-bond donors (Lipinski definition) is 1. The van der Waals surface area contributed by atoms with Gasteiger partial charge in [-0.1, -0.05) is 12.1 Å². The molecule has 0 aliphatic carbocycles. The van der Waals surface area contributed by atoms with Gasteiger partial charge >= 0.3 is 5.69 Å². The fourth-order valence-corrected chi connectivity index (χ4v) is 3.05. The van der Waals surface area contributed by atoms with E-state index < -0.39 is 22.3 Å². The van der Waals surface area contributed by atoms with Gasteiger partial charge < -0.3 is 10.1 Å². The highest BCUT2D eigenvalue weighted by Crippen LogP contribution is 2.23. The van der Waals surface area contributed by atoms with Crippen LogP contribution >= 0.6 is 11.3 Å². The van der Waals surface area contributed by atoms with Gasteiger partial charge in [-0.2, -0.15) is 4.39 Å². The number of nitro groups is 1. The van der Waals surface area contributed by atoms with Gasteiger partial charge in [0.15, 0.2) is 0 Å². The highest BCUT2D eigenvalue weighted by Gasteiger charge is 2.15. The number of hydrogen-bond acceptors (Lipinski definition) is 6. The van der Waals surface area contributed by atoms with E-state index >= 15 is 0 Å². The average molecular weight is 361 g/mol. The Morgan fingerprint density at radius 3 is 2.88 bits per heavy atom. The molecule has 3 rings (SSSR count). The van der Waals surface area contributed by atoms with Gasteiger partial charge in [-0.3, -0.25) is 14.9 Å². The summed E-state index contributed by atoms with van der Waals surface area (Å²) in [5.74, 6) is -1.46. The smallest absolute Gasteiger partial charge is 0.306 e. The normalized spacial score (nSPS) is 10.8. The van der Waals surface area contributed by atoms with Crippen LogP contribution in [0.25, 0.3) is 10.2 Å². The first-order valence-electron chi connectivity index (χ1n) is 7.19. The number of para-hydroxylation sites is 1. The van der Waals surface area contributed by atoms with Crippen molar-refractivity contribution in [1.29, 1.82) is 0 Å². The minimum absolute atomic E-state index is 0.127. The van der Waals surface area contributed by atoms with Crippen LogP contribution < -0.4 is 5.32 Å². The summed E-state index contributed by atoms with van der Waals surface area (Å²) in [5, 5.41) is 13.9. The molecule has 0 saturated heterocycles. The summed E-state index contributed by atoms with van der Waals surface area (Å²) in [6, 6.07) is 10.8. The van der Waals surface area contributed by atoms with Crippen molar-refractivity contribution in [1.82, 2.24) is 4.98 Å². The Morgan fingerprint density at radius 2 is 2.12 bits per heavy atom. The quantitative estimate of drug-likeness (QED) is 0.536. The molecule has 0 atom stereocenters. The Kier molecular flexibility index (Phi) is 4.96. The number of anilines is 1. The Balaban J connectivity index is 1.54. The number of nitrogens with one attached hydrogen (secondary N) is 1. The van der Waals surface area contributed by atoms with E-state index in [0.717, 1.165) is 27.4 Å². The van der Waals surface area contributed by atoms with Crippen molar-refractivity contribution in [3.8, 4) is 0 Å². The molecule has 1 aromatic heterocycles. The highest BCUT2D eigenvalue weighted by atomic mass is 32.1. The molecule has 7 nitrogen and oxygen atoms in total. The van der Waals surface area contributed by atoms with E-state index in [-0.39, 0.29) is 18.9 Å². The highest BCUT2D eigenvalue weighted by molar-refractivity contribution is 7.18.